The zero-order valence-electron chi connectivity index (χ0n) is 14.0. The van der Waals surface area contributed by atoms with Gasteiger partial charge in [0.25, 0.3) is 0 Å². The lowest BCUT2D eigenvalue weighted by Crippen LogP contribution is -2.00. The maximum Gasteiger partial charge on any atom is 0.236 e. The van der Waals surface area contributed by atoms with Gasteiger partial charge in [0.1, 0.15) is 5.75 Å². The normalized spacial score (nSPS) is 12.1. The summed E-state index contributed by atoms with van der Waals surface area (Å²) in [6.45, 7) is 2.52. The van der Waals surface area contributed by atoms with Gasteiger partial charge in [0.05, 0.1) is 24.0 Å². The average molecular weight is 356 g/mol. The van der Waals surface area contributed by atoms with Crippen molar-refractivity contribution in [2.45, 2.75) is 18.8 Å². The van der Waals surface area contributed by atoms with E-state index in [1.54, 1.807) is 11.8 Å². The van der Waals surface area contributed by atoms with E-state index in [9.17, 15) is 5.11 Å². The molecule has 0 aliphatic rings. The third-order valence-electron chi connectivity index (χ3n) is 3.58. The number of para-hydroxylation sites is 1. The molecule has 0 spiro atoms. The summed E-state index contributed by atoms with van der Waals surface area (Å²) in [5.41, 5.74) is 1.72. The molecule has 25 heavy (non-hydrogen) atoms. The number of benzene rings is 2. The van der Waals surface area contributed by atoms with Crippen LogP contribution in [0.3, 0.4) is 0 Å². The number of nitrogens with zero attached hydrogens (tertiary/aromatic N) is 2. The molecule has 5 nitrogen and oxygen atoms in total. The highest BCUT2D eigenvalue weighted by Crippen LogP contribution is 2.28. The average Bonchev–Trinajstić information content (AvgIpc) is 3.12. The van der Waals surface area contributed by atoms with Crippen molar-refractivity contribution in [2.75, 3.05) is 12.4 Å². The first-order chi connectivity index (χ1) is 12.3. The predicted octanol–water partition coefficient (Wildman–Crippen LogP) is 4.10. The van der Waals surface area contributed by atoms with E-state index < -0.39 is 6.10 Å². The molecule has 0 amide bonds. The highest BCUT2D eigenvalue weighted by atomic mass is 32.2. The molecule has 0 fully saturated rings. The molecule has 3 rings (SSSR count). The maximum absolute atomic E-state index is 10.2. The third kappa shape index (κ3) is 4.61. The monoisotopic (exact) mass is 356 g/mol. The first-order valence-corrected chi connectivity index (χ1v) is 9.29. The van der Waals surface area contributed by atoms with E-state index >= 15 is 0 Å². The molecule has 1 unspecified atom stereocenters. The minimum absolute atomic E-state index is 0.507. The van der Waals surface area contributed by atoms with Gasteiger partial charge in [-0.2, -0.15) is 4.98 Å². The molecule has 0 aliphatic heterocycles. The van der Waals surface area contributed by atoms with Crippen molar-refractivity contribution in [2.24, 2.45) is 0 Å². The van der Waals surface area contributed by atoms with Crippen LogP contribution in [0.4, 0.5) is 0 Å². The Balaban J connectivity index is 1.59. The molecule has 3 aromatic rings. The van der Waals surface area contributed by atoms with Crippen molar-refractivity contribution in [1.82, 2.24) is 10.1 Å². The molecule has 0 bridgehead atoms. The fourth-order valence-electron chi connectivity index (χ4n) is 2.38. The van der Waals surface area contributed by atoms with Gasteiger partial charge in [-0.25, -0.2) is 0 Å². The van der Waals surface area contributed by atoms with Gasteiger partial charge in [-0.3, -0.25) is 0 Å². The van der Waals surface area contributed by atoms with Crippen LogP contribution < -0.4 is 4.74 Å². The Morgan fingerprint density at radius 2 is 1.88 bits per heavy atom. The Kier molecular flexibility index (Phi) is 6.09. The van der Waals surface area contributed by atoms with Gasteiger partial charge in [0, 0.05) is 5.75 Å². The first kappa shape index (κ1) is 17.5. The van der Waals surface area contributed by atoms with Gasteiger partial charge in [0.15, 0.2) is 0 Å². The molecule has 1 N–H and O–H groups in total. The van der Waals surface area contributed by atoms with Crippen LogP contribution in [-0.4, -0.2) is 27.6 Å². The second-order valence-electron chi connectivity index (χ2n) is 5.38. The molecule has 6 heteroatoms. The van der Waals surface area contributed by atoms with E-state index in [-0.39, 0.29) is 0 Å². The Bertz CT molecular complexity index is 792. The lowest BCUT2D eigenvalue weighted by molar-refractivity contribution is 0.204. The molecule has 0 saturated carbocycles. The summed E-state index contributed by atoms with van der Waals surface area (Å²) >= 11 is 1.55. The molecule has 1 aromatic heterocycles. The third-order valence-corrected chi connectivity index (χ3v) is 4.58. The number of hydrogen-bond acceptors (Lipinski definition) is 6. The Morgan fingerprint density at radius 1 is 1.12 bits per heavy atom. The summed E-state index contributed by atoms with van der Waals surface area (Å²) in [5.74, 6) is 2.91. The van der Waals surface area contributed by atoms with Gasteiger partial charge < -0.3 is 14.4 Å². The molecule has 0 saturated heterocycles. The van der Waals surface area contributed by atoms with Crippen LogP contribution in [0.25, 0.3) is 11.4 Å². The van der Waals surface area contributed by atoms with Crippen LogP contribution in [0.15, 0.2) is 59.1 Å². The van der Waals surface area contributed by atoms with Gasteiger partial charge in [-0.15, -0.1) is 11.8 Å². The van der Waals surface area contributed by atoms with Crippen molar-refractivity contribution in [3.63, 3.8) is 0 Å². The molecule has 130 valence electrons. The summed E-state index contributed by atoms with van der Waals surface area (Å²) in [6.07, 6.45) is -0.507. The number of rotatable bonds is 8. The highest BCUT2D eigenvalue weighted by Gasteiger charge is 2.14. The van der Waals surface area contributed by atoms with Gasteiger partial charge in [-0.05, 0) is 24.6 Å². The number of aromatic nitrogens is 2. The van der Waals surface area contributed by atoms with Crippen LogP contribution >= 0.6 is 11.8 Å². The number of hydrogen-bond donors (Lipinski definition) is 1. The zero-order chi connectivity index (χ0) is 17.5. The van der Waals surface area contributed by atoms with E-state index in [1.807, 2.05) is 61.5 Å². The zero-order valence-corrected chi connectivity index (χ0v) is 14.8. The van der Waals surface area contributed by atoms with E-state index in [4.69, 9.17) is 9.26 Å². The molecular formula is C19H20N2O3S. The van der Waals surface area contributed by atoms with Crippen LogP contribution in [0.2, 0.25) is 0 Å². The van der Waals surface area contributed by atoms with Gasteiger partial charge in [-0.1, -0.05) is 47.6 Å². The number of aliphatic hydroxyl groups is 1. The van der Waals surface area contributed by atoms with E-state index in [1.165, 1.54) is 0 Å². The predicted molar refractivity (Wildman–Crippen MR) is 98.5 cm³/mol. The molecule has 2 aromatic carbocycles. The van der Waals surface area contributed by atoms with Crippen molar-refractivity contribution >= 4 is 11.8 Å². The second kappa shape index (κ2) is 8.69. The van der Waals surface area contributed by atoms with Crippen LogP contribution in [-0.2, 0) is 5.75 Å². The molecular weight excluding hydrogens is 336 g/mol. The van der Waals surface area contributed by atoms with Crippen LogP contribution in [0.5, 0.6) is 5.75 Å². The minimum Gasteiger partial charge on any atom is -0.493 e. The minimum atomic E-state index is -0.507. The summed E-state index contributed by atoms with van der Waals surface area (Å²) in [5, 5.41) is 14.2. The fourth-order valence-corrected chi connectivity index (χ4v) is 3.21. The molecule has 0 aliphatic carbocycles. The lowest BCUT2D eigenvalue weighted by Gasteiger charge is -2.09. The number of ether oxygens (including phenoxy) is 1. The van der Waals surface area contributed by atoms with Crippen molar-refractivity contribution < 1.29 is 14.4 Å². The summed E-state index contributed by atoms with van der Waals surface area (Å²) in [4.78, 5) is 4.43. The Labute approximate surface area is 151 Å². The highest BCUT2D eigenvalue weighted by molar-refractivity contribution is 7.98. The first-order valence-electron chi connectivity index (χ1n) is 8.13. The van der Waals surface area contributed by atoms with Gasteiger partial charge in [0.2, 0.25) is 11.7 Å². The fraction of sp³-hybridized carbons (Fsp3) is 0.263. The quantitative estimate of drug-likeness (QED) is 0.655. The topological polar surface area (TPSA) is 68.4 Å². The lowest BCUT2D eigenvalue weighted by atomic mass is 10.1. The van der Waals surface area contributed by atoms with E-state index in [0.29, 0.717) is 29.8 Å². The maximum atomic E-state index is 10.2. The van der Waals surface area contributed by atoms with Crippen molar-refractivity contribution in [3.05, 3.63) is 66.1 Å². The smallest absolute Gasteiger partial charge is 0.236 e. The Hall–Kier alpha value is -2.31. The SMILES string of the molecule is CCOc1ccccc1-c1noc(CSCC(O)c2ccccc2)n1. The summed E-state index contributed by atoms with van der Waals surface area (Å²) < 4.78 is 10.9. The van der Waals surface area contributed by atoms with Crippen LogP contribution in [0.1, 0.15) is 24.5 Å². The van der Waals surface area contributed by atoms with Crippen LogP contribution in [0, 0.1) is 0 Å². The second-order valence-corrected chi connectivity index (χ2v) is 6.41. The van der Waals surface area contributed by atoms with Crippen molar-refractivity contribution in [3.8, 4) is 17.1 Å². The Morgan fingerprint density at radius 3 is 2.68 bits per heavy atom. The van der Waals surface area contributed by atoms with E-state index in [0.717, 1.165) is 16.9 Å². The number of thioether (sulfide) groups is 1. The van der Waals surface area contributed by atoms with Crippen molar-refractivity contribution in [1.29, 1.82) is 0 Å². The number of aliphatic hydroxyl groups excluding tert-OH is 1. The largest absolute Gasteiger partial charge is 0.493 e. The van der Waals surface area contributed by atoms with E-state index in [2.05, 4.69) is 10.1 Å². The summed E-state index contributed by atoms with van der Waals surface area (Å²) in [6, 6.07) is 17.2. The van der Waals surface area contributed by atoms with Gasteiger partial charge >= 0.3 is 0 Å². The standard InChI is InChI=1S/C19H20N2O3S/c1-2-23-17-11-7-6-10-15(17)19-20-18(24-21-19)13-25-12-16(22)14-8-4-3-5-9-14/h3-11,16,22H,2,12-13H2,1H3. The molecule has 0 radical (unpaired) electrons. The molecule has 1 atom stereocenters. The summed E-state index contributed by atoms with van der Waals surface area (Å²) in [7, 11) is 0. The molecule has 1 heterocycles.